The van der Waals surface area contributed by atoms with Crippen molar-refractivity contribution in [2.75, 3.05) is 70.0 Å². The highest BCUT2D eigenvalue weighted by atomic mass is 16.3. The molecule has 0 aliphatic carbocycles. The number of rotatable bonds is 11. The van der Waals surface area contributed by atoms with E-state index in [1.54, 1.807) is 23.9 Å². The van der Waals surface area contributed by atoms with Crippen LogP contribution in [0.3, 0.4) is 0 Å². The Bertz CT molecular complexity index is 462. The van der Waals surface area contributed by atoms with Gasteiger partial charge in [0.05, 0.1) is 33.0 Å². The van der Waals surface area contributed by atoms with E-state index in [9.17, 15) is 15.3 Å². The smallest absolute Gasteiger partial charge is 0.230 e. The Labute approximate surface area is 141 Å². The van der Waals surface area contributed by atoms with Gasteiger partial charge < -0.3 is 35.3 Å². The molecule has 10 nitrogen and oxygen atoms in total. The molecule has 1 aromatic rings. The van der Waals surface area contributed by atoms with Gasteiger partial charge in [-0.2, -0.15) is 15.0 Å². The molecule has 0 aliphatic rings. The van der Waals surface area contributed by atoms with Crippen LogP contribution in [-0.4, -0.2) is 101 Å². The molecule has 0 saturated carbocycles. The largest absolute Gasteiger partial charge is 0.396 e. The zero-order valence-corrected chi connectivity index (χ0v) is 14.1. The minimum Gasteiger partial charge on any atom is -0.396 e. The quantitative estimate of drug-likeness (QED) is 0.286. The Balaban J connectivity index is 3.22. The molecule has 0 unspecified atom stereocenters. The zero-order valence-electron chi connectivity index (χ0n) is 14.1. The summed E-state index contributed by atoms with van der Waals surface area (Å²) in [5, 5.41) is 46.6. The molecule has 0 bridgehead atoms. The fourth-order valence-electron chi connectivity index (χ4n) is 1.97. The Hall–Kier alpha value is -1.59. The van der Waals surface area contributed by atoms with Gasteiger partial charge in [0.1, 0.15) is 5.82 Å². The molecule has 1 rings (SSSR count). The number of likely N-dealkylation sites (N-methyl/N-ethyl adjacent to an activating group) is 2. The Morgan fingerprint density at radius 1 is 0.750 bits per heavy atom. The van der Waals surface area contributed by atoms with Gasteiger partial charge in [0.15, 0.2) is 0 Å². The summed E-state index contributed by atoms with van der Waals surface area (Å²) in [4.78, 5) is 16.2. The molecule has 5 N–H and O–H groups in total. The van der Waals surface area contributed by atoms with Crippen molar-refractivity contribution < 1.29 is 25.5 Å². The highest BCUT2D eigenvalue weighted by molar-refractivity contribution is 5.38. The topological polar surface area (TPSA) is 146 Å². The number of aromatic nitrogens is 3. The van der Waals surface area contributed by atoms with Gasteiger partial charge in [-0.05, 0) is 0 Å². The SMILES string of the molecule is CN(CCO)c1nc(CC(CO)(CO)CO)nc(N(C)CCO)n1. The lowest BCUT2D eigenvalue weighted by Gasteiger charge is -2.27. The number of aliphatic hydroxyl groups excluding tert-OH is 5. The third kappa shape index (κ3) is 5.21. The Kier molecular flexibility index (Phi) is 8.22. The molecule has 0 aliphatic heterocycles. The molecule has 0 fully saturated rings. The molecule has 24 heavy (non-hydrogen) atoms. The van der Waals surface area contributed by atoms with Gasteiger partial charge in [-0.1, -0.05) is 0 Å². The molecule has 138 valence electrons. The normalized spacial score (nSPS) is 11.6. The lowest BCUT2D eigenvalue weighted by Crippen LogP contribution is -2.37. The number of anilines is 2. The third-order valence-electron chi connectivity index (χ3n) is 3.75. The average Bonchev–Trinajstić information content (AvgIpc) is 2.60. The summed E-state index contributed by atoms with van der Waals surface area (Å²) in [7, 11) is 3.42. The van der Waals surface area contributed by atoms with Gasteiger partial charge in [0, 0.05) is 39.0 Å². The van der Waals surface area contributed by atoms with E-state index in [2.05, 4.69) is 15.0 Å². The zero-order chi connectivity index (χ0) is 18.2. The van der Waals surface area contributed by atoms with Gasteiger partial charge in [-0.3, -0.25) is 0 Å². The minimum absolute atomic E-state index is 0.0545. The van der Waals surface area contributed by atoms with Crippen LogP contribution in [0.15, 0.2) is 0 Å². The van der Waals surface area contributed by atoms with Crippen LogP contribution in [0.1, 0.15) is 5.82 Å². The van der Waals surface area contributed by atoms with E-state index < -0.39 is 25.2 Å². The highest BCUT2D eigenvalue weighted by Crippen LogP contribution is 2.22. The van der Waals surface area contributed by atoms with E-state index in [4.69, 9.17) is 10.2 Å². The first-order valence-electron chi connectivity index (χ1n) is 7.66. The molecule has 1 heterocycles. The molecular weight excluding hydrogens is 318 g/mol. The maximum atomic E-state index is 9.49. The van der Waals surface area contributed by atoms with Crippen molar-refractivity contribution >= 4 is 11.9 Å². The summed E-state index contributed by atoms with van der Waals surface area (Å²) in [6, 6.07) is 0. The molecule has 0 radical (unpaired) electrons. The number of nitrogens with zero attached hydrogens (tertiary/aromatic N) is 5. The monoisotopic (exact) mass is 345 g/mol. The van der Waals surface area contributed by atoms with Crippen LogP contribution in [0.25, 0.3) is 0 Å². The van der Waals surface area contributed by atoms with E-state index in [1.807, 2.05) is 0 Å². The molecule has 0 aromatic carbocycles. The van der Waals surface area contributed by atoms with Gasteiger partial charge in [0.2, 0.25) is 11.9 Å². The van der Waals surface area contributed by atoms with Gasteiger partial charge in [0.25, 0.3) is 0 Å². The second kappa shape index (κ2) is 9.64. The lowest BCUT2D eigenvalue weighted by molar-refractivity contribution is 0.00458. The summed E-state index contributed by atoms with van der Waals surface area (Å²) in [5.74, 6) is 0.926. The fraction of sp³-hybridized carbons (Fsp3) is 0.786. The lowest BCUT2D eigenvalue weighted by atomic mass is 9.87. The fourth-order valence-corrected chi connectivity index (χ4v) is 1.97. The van der Waals surface area contributed by atoms with Crippen molar-refractivity contribution in [1.29, 1.82) is 0 Å². The first kappa shape index (κ1) is 20.5. The van der Waals surface area contributed by atoms with Crippen LogP contribution < -0.4 is 9.80 Å². The van der Waals surface area contributed by atoms with Gasteiger partial charge >= 0.3 is 0 Å². The van der Waals surface area contributed by atoms with E-state index in [-0.39, 0.29) is 19.6 Å². The van der Waals surface area contributed by atoms with E-state index in [0.717, 1.165) is 0 Å². The van der Waals surface area contributed by atoms with Crippen LogP contribution >= 0.6 is 0 Å². The molecule has 1 aromatic heterocycles. The van der Waals surface area contributed by atoms with E-state index in [1.165, 1.54) is 0 Å². The van der Waals surface area contributed by atoms with Crippen LogP contribution in [0.2, 0.25) is 0 Å². The second-order valence-electron chi connectivity index (χ2n) is 5.79. The summed E-state index contributed by atoms with van der Waals surface area (Å²) in [5.41, 5.74) is -1.14. The summed E-state index contributed by atoms with van der Waals surface area (Å²) in [6.07, 6.45) is 0.0545. The predicted molar refractivity (Wildman–Crippen MR) is 87.9 cm³/mol. The second-order valence-corrected chi connectivity index (χ2v) is 5.79. The molecule has 0 atom stereocenters. The number of hydrogen-bond donors (Lipinski definition) is 5. The first-order valence-corrected chi connectivity index (χ1v) is 7.66. The minimum atomic E-state index is -1.14. The van der Waals surface area contributed by atoms with Crippen molar-refractivity contribution in [3.8, 4) is 0 Å². The van der Waals surface area contributed by atoms with E-state index in [0.29, 0.717) is 30.8 Å². The van der Waals surface area contributed by atoms with Crippen molar-refractivity contribution in [3.05, 3.63) is 5.82 Å². The van der Waals surface area contributed by atoms with Crippen LogP contribution in [-0.2, 0) is 6.42 Å². The molecule has 0 amide bonds. The Morgan fingerprint density at radius 3 is 1.50 bits per heavy atom. The predicted octanol–water partition coefficient (Wildman–Crippen LogP) is -2.77. The van der Waals surface area contributed by atoms with E-state index >= 15 is 0 Å². The number of aliphatic hydroxyl groups is 5. The maximum absolute atomic E-state index is 9.49. The standard InChI is InChI=1S/C14H27N5O5/c1-18(3-5-20)12-15-11(7-14(8-22,9-23)10-24)16-13(17-12)19(2)4-6-21/h20-24H,3-10H2,1-2H3. The van der Waals surface area contributed by atoms with Crippen molar-refractivity contribution in [1.82, 2.24) is 15.0 Å². The highest BCUT2D eigenvalue weighted by Gasteiger charge is 2.30. The van der Waals surface area contributed by atoms with Crippen molar-refractivity contribution in [2.45, 2.75) is 6.42 Å². The van der Waals surface area contributed by atoms with Crippen LogP contribution in [0.4, 0.5) is 11.9 Å². The molecule has 10 heteroatoms. The summed E-state index contributed by atoms with van der Waals surface area (Å²) in [6.45, 7) is -0.782. The van der Waals surface area contributed by atoms with Gasteiger partial charge in [-0.25, -0.2) is 0 Å². The van der Waals surface area contributed by atoms with Crippen molar-refractivity contribution in [2.24, 2.45) is 5.41 Å². The first-order chi connectivity index (χ1) is 11.4. The molecule has 0 saturated heterocycles. The maximum Gasteiger partial charge on any atom is 0.230 e. The van der Waals surface area contributed by atoms with Crippen LogP contribution in [0.5, 0.6) is 0 Å². The Morgan fingerprint density at radius 2 is 1.17 bits per heavy atom. The average molecular weight is 345 g/mol. The van der Waals surface area contributed by atoms with Crippen LogP contribution in [0, 0.1) is 5.41 Å². The third-order valence-corrected chi connectivity index (χ3v) is 3.75. The molecular formula is C14H27N5O5. The molecule has 0 spiro atoms. The summed E-state index contributed by atoms with van der Waals surface area (Å²) >= 11 is 0. The van der Waals surface area contributed by atoms with Crippen molar-refractivity contribution in [3.63, 3.8) is 0 Å². The van der Waals surface area contributed by atoms with Gasteiger partial charge in [-0.15, -0.1) is 0 Å². The number of hydrogen-bond acceptors (Lipinski definition) is 10. The summed E-state index contributed by atoms with van der Waals surface area (Å²) < 4.78 is 0.